The zero-order valence-corrected chi connectivity index (χ0v) is 12.5. The average molecular weight is 348 g/mol. The van der Waals surface area contributed by atoms with E-state index in [1.165, 1.54) is 24.3 Å². The summed E-state index contributed by atoms with van der Waals surface area (Å²) in [5.41, 5.74) is 6.51. The Labute approximate surface area is 139 Å². The fourth-order valence-electron chi connectivity index (χ4n) is 1.84. The number of nitrogens with two attached hydrogens (primary N) is 1. The molecule has 0 fully saturated rings. The molecule has 1 heterocycles. The summed E-state index contributed by atoms with van der Waals surface area (Å²) < 4.78 is 0. The zero-order valence-electron chi connectivity index (χ0n) is 12.5. The van der Waals surface area contributed by atoms with Gasteiger partial charge in [0, 0.05) is 12.1 Å². The number of anilines is 2. The van der Waals surface area contributed by atoms with Crippen LogP contribution in [0.25, 0.3) is 0 Å². The van der Waals surface area contributed by atoms with Crippen LogP contribution >= 0.6 is 0 Å². The van der Waals surface area contributed by atoms with Crippen molar-refractivity contribution in [3.8, 4) is 0 Å². The highest BCUT2D eigenvalue weighted by atomic mass is 16.6. The van der Waals surface area contributed by atoms with Gasteiger partial charge in [-0.05, 0) is 5.56 Å². The van der Waals surface area contributed by atoms with Gasteiger partial charge in [0.2, 0.25) is 17.5 Å². The van der Waals surface area contributed by atoms with Crippen LogP contribution in [-0.4, -0.2) is 25.7 Å². The zero-order chi connectivity index (χ0) is 18.4. The number of carbonyl (C=O) groups excluding carboxylic acids is 1. The Kier molecular flexibility index (Phi) is 5.32. The van der Waals surface area contributed by atoms with Gasteiger partial charge in [-0.2, -0.15) is 0 Å². The SMILES string of the molecule is NNc1ncnc(NNC(=O)Cc2ccc([N+](=O)[O-])cc2)c1[N+](=O)[O-]. The molecule has 1 aromatic carbocycles. The summed E-state index contributed by atoms with van der Waals surface area (Å²) in [5, 5.41) is 21.6. The Bertz CT molecular complexity index is 810. The quantitative estimate of drug-likeness (QED) is 0.306. The van der Waals surface area contributed by atoms with Crippen molar-refractivity contribution in [1.82, 2.24) is 15.4 Å². The van der Waals surface area contributed by atoms with Crippen LogP contribution in [-0.2, 0) is 11.2 Å². The number of nitro groups is 2. The second kappa shape index (κ2) is 7.60. The monoisotopic (exact) mass is 348 g/mol. The van der Waals surface area contributed by atoms with Crippen molar-refractivity contribution in [1.29, 1.82) is 0 Å². The van der Waals surface area contributed by atoms with Crippen LogP contribution in [0.5, 0.6) is 0 Å². The fraction of sp³-hybridized carbons (Fsp3) is 0.0833. The molecule has 0 aliphatic rings. The van der Waals surface area contributed by atoms with E-state index in [0.717, 1.165) is 6.33 Å². The summed E-state index contributed by atoms with van der Waals surface area (Å²) in [7, 11) is 0. The van der Waals surface area contributed by atoms with Gasteiger partial charge in [-0.15, -0.1) is 0 Å². The third-order valence-electron chi connectivity index (χ3n) is 2.97. The first kappa shape index (κ1) is 17.5. The third-order valence-corrected chi connectivity index (χ3v) is 2.97. The highest BCUT2D eigenvalue weighted by Gasteiger charge is 2.22. The number of non-ortho nitro benzene ring substituents is 1. The van der Waals surface area contributed by atoms with Crippen LogP contribution < -0.4 is 22.1 Å². The number of amides is 1. The average Bonchev–Trinajstić information content (AvgIpc) is 2.59. The number of aromatic nitrogens is 2. The Hall–Kier alpha value is -3.87. The first-order chi connectivity index (χ1) is 11.9. The van der Waals surface area contributed by atoms with Crippen LogP contribution in [0.4, 0.5) is 23.0 Å². The van der Waals surface area contributed by atoms with Gasteiger partial charge in [0.25, 0.3) is 5.69 Å². The van der Waals surface area contributed by atoms with E-state index in [4.69, 9.17) is 5.84 Å². The smallest absolute Gasteiger partial charge is 0.303 e. The molecule has 13 nitrogen and oxygen atoms in total. The molecule has 0 radical (unpaired) electrons. The minimum atomic E-state index is -0.764. The molecule has 0 spiro atoms. The van der Waals surface area contributed by atoms with Crippen LogP contribution in [0, 0.1) is 20.2 Å². The van der Waals surface area contributed by atoms with E-state index >= 15 is 0 Å². The summed E-state index contributed by atoms with van der Waals surface area (Å²) in [6.45, 7) is 0. The highest BCUT2D eigenvalue weighted by molar-refractivity contribution is 5.81. The number of nitrogens with one attached hydrogen (secondary N) is 3. The summed E-state index contributed by atoms with van der Waals surface area (Å²) in [4.78, 5) is 39.4. The maximum atomic E-state index is 11.9. The molecule has 2 rings (SSSR count). The van der Waals surface area contributed by atoms with Gasteiger partial charge in [-0.25, -0.2) is 15.8 Å². The van der Waals surface area contributed by atoms with Crippen molar-refractivity contribution in [2.45, 2.75) is 6.42 Å². The van der Waals surface area contributed by atoms with E-state index in [1.807, 2.05) is 0 Å². The fourth-order valence-corrected chi connectivity index (χ4v) is 1.84. The molecule has 0 saturated heterocycles. The standard InChI is InChI=1S/C12H12N8O5/c13-16-11-10(20(24)25)12(15-6-14-11)18-17-9(21)5-7-1-3-8(4-2-7)19(22)23/h1-4,6H,5,13H2,(H,17,21)(H2,14,15,16,18). The van der Waals surface area contributed by atoms with Crippen molar-refractivity contribution < 1.29 is 14.6 Å². The van der Waals surface area contributed by atoms with Crippen LogP contribution in [0.1, 0.15) is 5.56 Å². The number of carbonyl (C=O) groups is 1. The summed E-state index contributed by atoms with van der Waals surface area (Å²) >= 11 is 0. The lowest BCUT2D eigenvalue weighted by Gasteiger charge is -2.09. The van der Waals surface area contributed by atoms with E-state index in [9.17, 15) is 25.0 Å². The second-order valence-corrected chi connectivity index (χ2v) is 4.59. The molecule has 25 heavy (non-hydrogen) atoms. The molecule has 5 N–H and O–H groups in total. The van der Waals surface area contributed by atoms with Crippen molar-refractivity contribution in [2.75, 3.05) is 10.9 Å². The van der Waals surface area contributed by atoms with Gasteiger partial charge < -0.3 is 5.43 Å². The van der Waals surface area contributed by atoms with E-state index in [-0.39, 0.29) is 23.7 Å². The van der Waals surface area contributed by atoms with Gasteiger partial charge >= 0.3 is 5.69 Å². The molecule has 0 atom stereocenters. The predicted octanol–water partition coefficient (Wildman–Crippen LogP) is 0.264. The minimum Gasteiger partial charge on any atom is -0.303 e. The first-order valence-electron chi connectivity index (χ1n) is 6.66. The highest BCUT2D eigenvalue weighted by Crippen LogP contribution is 2.27. The van der Waals surface area contributed by atoms with Crippen molar-refractivity contribution in [2.24, 2.45) is 5.84 Å². The molecular weight excluding hydrogens is 336 g/mol. The number of hydrazine groups is 2. The Morgan fingerprint density at radius 2 is 1.72 bits per heavy atom. The molecule has 0 unspecified atom stereocenters. The van der Waals surface area contributed by atoms with Crippen molar-refractivity contribution >= 4 is 28.9 Å². The van der Waals surface area contributed by atoms with Crippen LogP contribution in [0.3, 0.4) is 0 Å². The first-order valence-corrected chi connectivity index (χ1v) is 6.66. The predicted molar refractivity (Wildman–Crippen MR) is 85.1 cm³/mol. The Morgan fingerprint density at radius 3 is 2.28 bits per heavy atom. The van der Waals surface area contributed by atoms with Gasteiger partial charge in [0.05, 0.1) is 16.3 Å². The van der Waals surface area contributed by atoms with Gasteiger partial charge in [-0.3, -0.25) is 35.9 Å². The third kappa shape index (κ3) is 4.32. The Morgan fingerprint density at radius 1 is 1.08 bits per heavy atom. The largest absolute Gasteiger partial charge is 0.356 e. The number of hydrogen-bond donors (Lipinski definition) is 4. The lowest BCUT2D eigenvalue weighted by Crippen LogP contribution is -2.31. The van der Waals surface area contributed by atoms with Gasteiger partial charge in [0.1, 0.15) is 6.33 Å². The second-order valence-electron chi connectivity index (χ2n) is 4.59. The maximum Gasteiger partial charge on any atom is 0.356 e. The molecule has 2 aromatic rings. The molecule has 0 saturated carbocycles. The van der Waals surface area contributed by atoms with E-state index in [2.05, 4.69) is 26.2 Å². The summed E-state index contributed by atoms with van der Waals surface area (Å²) in [6, 6.07) is 5.40. The maximum absolute atomic E-state index is 11.9. The lowest BCUT2D eigenvalue weighted by atomic mass is 10.1. The molecule has 1 amide bonds. The van der Waals surface area contributed by atoms with E-state index in [1.54, 1.807) is 0 Å². The van der Waals surface area contributed by atoms with Crippen molar-refractivity contribution in [3.63, 3.8) is 0 Å². The summed E-state index contributed by atoms with van der Waals surface area (Å²) in [5.74, 6) is 4.11. The molecule has 1 aromatic heterocycles. The number of nitrogens with zero attached hydrogens (tertiary/aromatic N) is 4. The van der Waals surface area contributed by atoms with Crippen LogP contribution in [0.2, 0.25) is 0 Å². The molecule has 130 valence electrons. The number of rotatable bonds is 7. The molecule has 0 bridgehead atoms. The topological polar surface area (TPSA) is 191 Å². The molecule has 0 aliphatic carbocycles. The number of nitro benzene ring substituents is 1. The Balaban J connectivity index is 2.03. The van der Waals surface area contributed by atoms with E-state index in [0.29, 0.717) is 5.56 Å². The van der Waals surface area contributed by atoms with Crippen LogP contribution in [0.15, 0.2) is 30.6 Å². The normalized spacial score (nSPS) is 9.96. The molecular formula is C12H12N8O5. The summed E-state index contributed by atoms with van der Waals surface area (Å²) in [6.07, 6.45) is 0.916. The molecule has 13 heteroatoms. The van der Waals surface area contributed by atoms with E-state index < -0.39 is 21.4 Å². The van der Waals surface area contributed by atoms with Crippen molar-refractivity contribution in [3.05, 3.63) is 56.4 Å². The van der Waals surface area contributed by atoms with Gasteiger partial charge in [-0.1, -0.05) is 12.1 Å². The minimum absolute atomic E-state index is 0.0966. The number of benzene rings is 1. The lowest BCUT2D eigenvalue weighted by molar-refractivity contribution is -0.384. The number of hydrogen-bond acceptors (Lipinski definition) is 10. The number of nitrogen functional groups attached to an aromatic ring is 1. The van der Waals surface area contributed by atoms with Gasteiger partial charge in [0.15, 0.2) is 0 Å². The molecule has 0 aliphatic heterocycles.